The minimum absolute atomic E-state index is 0.355. The first-order valence-electron chi connectivity index (χ1n) is 10.2. The summed E-state index contributed by atoms with van der Waals surface area (Å²) in [6.45, 7) is 15.5. The van der Waals surface area contributed by atoms with Crippen LogP contribution in [0.25, 0.3) is 0 Å². The van der Waals surface area contributed by atoms with Crippen LogP contribution in [0.2, 0.25) is 0 Å². The predicted molar refractivity (Wildman–Crippen MR) is 114 cm³/mol. The van der Waals surface area contributed by atoms with Crippen LogP contribution < -0.4 is 0 Å². The SMILES string of the molecule is BC1(I)CCCC2C(CCN(C(C)C)C23COC3)CC1(C)C(C)C. The van der Waals surface area contributed by atoms with Gasteiger partial charge in [-0.2, -0.15) is 0 Å². The summed E-state index contributed by atoms with van der Waals surface area (Å²) in [5, 5.41) is 0. The fourth-order valence-electron chi connectivity index (χ4n) is 6.13. The van der Waals surface area contributed by atoms with Gasteiger partial charge in [0.2, 0.25) is 0 Å². The van der Waals surface area contributed by atoms with E-state index in [-0.39, 0.29) is 0 Å². The molecule has 0 radical (unpaired) electrons. The maximum atomic E-state index is 5.81. The fraction of sp³-hybridized carbons (Fsp3) is 1.00. The lowest BCUT2D eigenvalue weighted by molar-refractivity contribution is -0.212. The summed E-state index contributed by atoms with van der Waals surface area (Å²) in [5.74, 6) is 2.47. The van der Waals surface area contributed by atoms with Gasteiger partial charge < -0.3 is 4.74 Å². The fourth-order valence-corrected chi connectivity index (χ4v) is 7.35. The molecule has 138 valence electrons. The molecule has 1 spiro atoms. The Kier molecular flexibility index (Phi) is 5.44. The van der Waals surface area contributed by atoms with E-state index in [2.05, 4.69) is 70.0 Å². The van der Waals surface area contributed by atoms with Crippen LogP contribution >= 0.6 is 22.6 Å². The molecule has 3 rings (SSSR count). The Morgan fingerprint density at radius 1 is 1.17 bits per heavy atom. The Hall–Kier alpha value is 0.715. The largest absolute Gasteiger partial charge is 0.377 e. The number of ether oxygens (including phenoxy) is 1. The molecule has 4 unspecified atom stereocenters. The molecule has 3 aliphatic rings. The molecule has 0 bridgehead atoms. The van der Waals surface area contributed by atoms with E-state index in [1.165, 1.54) is 38.6 Å². The first-order valence-corrected chi connectivity index (χ1v) is 11.3. The van der Waals surface area contributed by atoms with Crippen LogP contribution in [-0.4, -0.2) is 47.4 Å². The quantitative estimate of drug-likeness (QED) is 0.361. The van der Waals surface area contributed by atoms with Gasteiger partial charge in [0, 0.05) is 6.04 Å². The predicted octanol–water partition coefficient (Wildman–Crippen LogP) is 4.10. The second-order valence-corrected chi connectivity index (χ2v) is 12.3. The summed E-state index contributed by atoms with van der Waals surface area (Å²) >= 11 is 2.80. The van der Waals surface area contributed by atoms with Gasteiger partial charge in [0.1, 0.15) is 7.85 Å². The van der Waals surface area contributed by atoms with E-state index >= 15 is 0 Å². The second kappa shape index (κ2) is 6.71. The topological polar surface area (TPSA) is 12.5 Å². The number of nitrogens with zero attached hydrogens (tertiary/aromatic N) is 1. The summed E-state index contributed by atoms with van der Waals surface area (Å²) in [6, 6.07) is 0.645. The van der Waals surface area contributed by atoms with E-state index < -0.39 is 0 Å². The summed E-state index contributed by atoms with van der Waals surface area (Å²) in [7, 11) is 2.53. The Labute approximate surface area is 164 Å². The zero-order valence-electron chi connectivity index (χ0n) is 16.7. The first-order chi connectivity index (χ1) is 11.1. The second-order valence-electron chi connectivity index (χ2n) is 9.90. The van der Waals surface area contributed by atoms with Gasteiger partial charge in [0.05, 0.1) is 18.8 Å². The molecule has 0 N–H and O–H groups in total. The number of piperidine rings is 1. The van der Waals surface area contributed by atoms with Crippen molar-refractivity contribution in [2.75, 3.05) is 19.8 Å². The van der Waals surface area contributed by atoms with Gasteiger partial charge >= 0.3 is 0 Å². The molecule has 0 aromatic heterocycles. The van der Waals surface area contributed by atoms with Crippen LogP contribution in [0.1, 0.15) is 66.7 Å². The molecule has 4 heteroatoms. The molecule has 24 heavy (non-hydrogen) atoms. The van der Waals surface area contributed by atoms with Crippen LogP contribution in [0, 0.1) is 23.2 Å². The molecule has 2 aliphatic heterocycles. The van der Waals surface area contributed by atoms with Crippen molar-refractivity contribution in [3.63, 3.8) is 0 Å². The van der Waals surface area contributed by atoms with Crippen LogP contribution in [0.15, 0.2) is 0 Å². The highest BCUT2D eigenvalue weighted by Gasteiger charge is 2.58. The van der Waals surface area contributed by atoms with E-state index in [4.69, 9.17) is 4.74 Å². The average molecular weight is 445 g/mol. The van der Waals surface area contributed by atoms with Crippen molar-refractivity contribution in [1.29, 1.82) is 0 Å². The van der Waals surface area contributed by atoms with Crippen molar-refractivity contribution < 1.29 is 4.74 Å². The highest BCUT2D eigenvalue weighted by molar-refractivity contribution is 14.1. The number of halogens is 1. The third-order valence-corrected chi connectivity index (χ3v) is 9.98. The van der Waals surface area contributed by atoms with Crippen LogP contribution in [-0.2, 0) is 4.74 Å². The first kappa shape index (κ1) is 19.5. The lowest BCUT2D eigenvalue weighted by atomic mass is 9.51. The number of hydrogen-bond acceptors (Lipinski definition) is 2. The van der Waals surface area contributed by atoms with Gasteiger partial charge in [0.25, 0.3) is 0 Å². The summed E-state index contributed by atoms with van der Waals surface area (Å²) < 4.78 is 6.23. The zero-order valence-corrected chi connectivity index (χ0v) is 18.9. The van der Waals surface area contributed by atoms with Crippen molar-refractivity contribution in [2.45, 2.75) is 81.6 Å². The molecule has 0 amide bonds. The summed E-state index contributed by atoms with van der Waals surface area (Å²) in [4.78, 5) is 2.80. The standard InChI is InChI=1S/C20H37BINO/c1-14(2)18(5)11-16-8-10-23(15(3)4)19(12-24-13-19)17(16)7-6-9-20(18,21)22/h14-17H,6-13,21H2,1-5H3. The van der Waals surface area contributed by atoms with Gasteiger partial charge in [-0.05, 0) is 72.6 Å². The number of alkyl halides is 1. The van der Waals surface area contributed by atoms with Gasteiger partial charge in [-0.3, -0.25) is 4.90 Å². The summed E-state index contributed by atoms with van der Waals surface area (Å²) in [5.41, 5.74) is 0.788. The van der Waals surface area contributed by atoms with Crippen molar-refractivity contribution >= 4 is 30.4 Å². The number of likely N-dealkylation sites (tertiary alicyclic amines) is 1. The molecule has 4 atom stereocenters. The summed E-state index contributed by atoms with van der Waals surface area (Å²) in [6.07, 6.45) is 6.95. The Morgan fingerprint density at radius 2 is 1.83 bits per heavy atom. The lowest BCUT2D eigenvalue weighted by Crippen LogP contribution is -2.72. The lowest BCUT2D eigenvalue weighted by Gasteiger charge is -2.63. The van der Waals surface area contributed by atoms with Crippen molar-refractivity contribution in [3.05, 3.63) is 0 Å². The van der Waals surface area contributed by atoms with Crippen LogP contribution in [0.4, 0.5) is 0 Å². The Balaban J connectivity index is 1.92. The molecule has 2 nitrogen and oxygen atoms in total. The maximum absolute atomic E-state index is 5.81. The number of fused-ring (bicyclic) bond motifs is 2. The molecule has 2 heterocycles. The smallest absolute Gasteiger partial charge is 0.122 e. The third kappa shape index (κ3) is 2.91. The van der Waals surface area contributed by atoms with Gasteiger partial charge in [-0.1, -0.05) is 49.8 Å². The van der Waals surface area contributed by atoms with E-state index in [1.807, 2.05) is 0 Å². The molecule has 2 saturated heterocycles. The molecular weight excluding hydrogens is 408 g/mol. The maximum Gasteiger partial charge on any atom is 0.122 e. The zero-order chi connectivity index (χ0) is 17.8. The molecule has 0 aromatic rings. The third-order valence-electron chi connectivity index (χ3n) is 8.21. The van der Waals surface area contributed by atoms with Crippen LogP contribution in [0.3, 0.4) is 0 Å². The van der Waals surface area contributed by atoms with Crippen molar-refractivity contribution in [2.24, 2.45) is 23.2 Å². The number of rotatable bonds is 2. The molecule has 0 aromatic carbocycles. The number of hydrogen-bond donors (Lipinski definition) is 0. The van der Waals surface area contributed by atoms with E-state index in [1.54, 1.807) is 0 Å². The molecule has 3 fully saturated rings. The minimum atomic E-state index is 0.355. The minimum Gasteiger partial charge on any atom is -0.377 e. The van der Waals surface area contributed by atoms with E-state index in [0.717, 1.165) is 31.0 Å². The van der Waals surface area contributed by atoms with Crippen molar-refractivity contribution in [1.82, 2.24) is 4.90 Å². The van der Waals surface area contributed by atoms with Crippen molar-refractivity contribution in [3.8, 4) is 0 Å². The normalized spacial score (nSPS) is 43.3. The van der Waals surface area contributed by atoms with E-state index in [0.29, 0.717) is 20.3 Å². The van der Waals surface area contributed by atoms with E-state index in [9.17, 15) is 0 Å². The van der Waals surface area contributed by atoms with Crippen LogP contribution in [0.5, 0.6) is 0 Å². The average Bonchev–Trinajstić information content (AvgIpc) is 2.44. The highest BCUT2D eigenvalue weighted by Crippen LogP contribution is 2.57. The van der Waals surface area contributed by atoms with Gasteiger partial charge in [0.15, 0.2) is 0 Å². The molecule has 1 aliphatic carbocycles. The molecular formula is C20H37BINO. The highest BCUT2D eigenvalue weighted by atomic mass is 127. The Morgan fingerprint density at radius 3 is 2.33 bits per heavy atom. The Bertz CT molecular complexity index is 463. The van der Waals surface area contributed by atoms with Gasteiger partial charge in [-0.25, -0.2) is 0 Å². The molecule has 1 saturated carbocycles. The monoisotopic (exact) mass is 445 g/mol. The van der Waals surface area contributed by atoms with Gasteiger partial charge in [-0.15, -0.1) is 0 Å².